The van der Waals surface area contributed by atoms with Gasteiger partial charge in [-0.05, 0) is 63.1 Å². The van der Waals surface area contributed by atoms with Crippen molar-refractivity contribution in [1.29, 1.82) is 0 Å². The van der Waals surface area contributed by atoms with Crippen molar-refractivity contribution in [1.82, 2.24) is 0 Å². The van der Waals surface area contributed by atoms with Gasteiger partial charge in [0, 0.05) is 26.1 Å². The Morgan fingerprint density at radius 3 is 2.45 bits per heavy atom. The number of carbonyl (C=O) groups is 1. The maximum Gasteiger partial charge on any atom is 0.305 e. The molecule has 2 rings (SSSR count). The lowest BCUT2D eigenvalue weighted by Crippen LogP contribution is -2.44. The summed E-state index contributed by atoms with van der Waals surface area (Å²) in [6, 6.07) is 0. The van der Waals surface area contributed by atoms with Crippen LogP contribution < -0.4 is 0 Å². The summed E-state index contributed by atoms with van der Waals surface area (Å²) in [5.74, 6) is 0.628. The first-order valence-corrected chi connectivity index (χ1v) is 14.5. The molecular formula is C25H44O5Si. The van der Waals surface area contributed by atoms with E-state index in [0.29, 0.717) is 30.6 Å². The van der Waals surface area contributed by atoms with Gasteiger partial charge in [-0.15, -0.1) is 0 Å². The molecule has 0 aromatic heterocycles. The van der Waals surface area contributed by atoms with Gasteiger partial charge in [0.05, 0.1) is 13.2 Å². The van der Waals surface area contributed by atoms with Crippen LogP contribution in [-0.4, -0.2) is 47.0 Å². The summed E-state index contributed by atoms with van der Waals surface area (Å²) in [6.07, 6.45) is 10.00. The van der Waals surface area contributed by atoms with E-state index in [4.69, 9.17) is 18.6 Å². The summed E-state index contributed by atoms with van der Waals surface area (Å²) in [5.41, 5.74) is 1.36. The number of hydrogen-bond acceptors (Lipinski definition) is 5. The number of carbonyl (C=O) groups excluding carboxylic acids is 1. The number of hydrogen-bond donors (Lipinski definition) is 0. The van der Waals surface area contributed by atoms with E-state index in [9.17, 15) is 4.79 Å². The molecule has 0 N–H and O–H groups in total. The zero-order valence-electron chi connectivity index (χ0n) is 21.1. The highest BCUT2D eigenvalue weighted by Gasteiger charge is 2.48. The van der Waals surface area contributed by atoms with Crippen LogP contribution in [0.2, 0.25) is 18.1 Å². The molecule has 0 aliphatic heterocycles. The molecular weight excluding hydrogens is 408 g/mol. The Balaban J connectivity index is 2.08. The number of rotatable bonds is 10. The SMILES string of the molecule is COC(=O)CCC=CC1=CC2CC(OC(C)(C)OC)C(CO[Si](C)(C)C(C)(C)C)C2C1. The van der Waals surface area contributed by atoms with Crippen LogP contribution in [0.15, 0.2) is 23.8 Å². The number of allylic oxidation sites excluding steroid dienone is 4. The quantitative estimate of drug-likeness (QED) is 0.236. The summed E-state index contributed by atoms with van der Waals surface area (Å²) in [5, 5.41) is 0.189. The molecule has 2 aliphatic carbocycles. The zero-order chi connectivity index (χ0) is 23.4. The molecule has 31 heavy (non-hydrogen) atoms. The Morgan fingerprint density at radius 1 is 1.19 bits per heavy atom. The summed E-state index contributed by atoms with van der Waals surface area (Å²) < 4.78 is 23.4. The smallest absolute Gasteiger partial charge is 0.305 e. The average molecular weight is 453 g/mol. The van der Waals surface area contributed by atoms with E-state index in [0.717, 1.165) is 19.4 Å². The second kappa shape index (κ2) is 10.3. The van der Waals surface area contributed by atoms with Crippen molar-refractivity contribution in [3.05, 3.63) is 23.8 Å². The zero-order valence-corrected chi connectivity index (χ0v) is 22.1. The van der Waals surface area contributed by atoms with Gasteiger partial charge in [0.2, 0.25) is 0 Å². The largest absolute Gasteiger partial charge is 0.469 e. The van der Waals surface area contributed by atoms with E-state index in [-0.39, 0.29) is 17.1 Å². The van der Waals surface area contributed by atoms with Crippen LogP contribution in [0.4, 0.5) is 0 Å². The molecule has 0 bridgehead atoms. The standard InChI is InChI=1S/C25H44O5Si/c1-24(2,3)31(8,9)29-17-21-20-15-18(12-10-11-13-23(26)27-6)14-19(20)16-22(21)30-25(4,5)28-7/h10,12,14,19-22H,11,13,15-17H2,1-9H3. The van der Waals surface area contributed by atoms with Crippen LogP contribution in [0.25, 0.3) is 0 Å². The van der Waals surface area contributed by atoms with Crippen molar-refractivity contribution in [3.63, 3.8) is 0 Å². The minimum atomic E-state index is -1.83. The van der Waals surface area contributed by atoms with Crippen LogP contribution in [0.1, 0.15) is 60.3 Å². The summed E-state index contributed by atoms with van der Waals surface area (Å²) >= 11 is 0. The van der Waals surface area contributed by atoms with E-state index >= 15 is 0 Å². The molecule has 0 aromatic rings. The molecule has 0 saturated heterocycles. The number of ether oxygens (including phenoxy) is 3. The van der Waals surface area contributed by atoms with E-state index in [1.54, 1.807) is 7.11 Å². The number of methoxy groups -OCH3 is 2. The lowest BCUT2D eigenvalue weighted by atomic mass is 9.90. The first-order chi connectivity index (χ1) is 14.3. The Bertz CT molecular complexity index is 674. The van der Waals surface area contributed by atoms with Crippen molar-refractivity contribution >= 4 is 14.3 Å². The fourth-order valence-electron chi connectivity index (χ4n) is 4.28. The molecule has 0 spiro atoms. The monoisotopic (exact) mass is 452 g/mol. The second-order valence-electron chi connectivity index (χ2n) is 11.0. The summed E-state index contributed by atoms with van der Waals surface area (Å²) in [7, 11) is 1.30. The highest BCUT2D eigenvalue weighted by molar-refractivity contribution is 6.74. The average Bonchev–Trinajstić information content (AvgIpc) is 3.19. The van der Waals surface area contributed by atoms with Crippen molar-refractivity contribution in [3.8, 4) is 0 Å². The molecule has 1 fully saturated rings. The molecule has 0 amide bonds. The molecule has 5 nitrogen and oxygen atoms in total. The minimum absolute atomic E-state index is 0.135. The van der Waals surface area contributed by atoms with E-state index in [1.165, 1.54) is 12.7 Å². The third-order valence-electron chi connectivity index (χ3n) is 7.43. The third kappa shape index (κ3) is 7.01. The lowest BCUT2D eigenvalue weighted by molar-refractivity contribution is -0.232. The summed E-state index contributed by atoms with van der Waals surface area (Å²) in [4.78, 5) is 11.3. The molecule has 4 atom stereocenters. The number of esters is 1. The van der Waals surface area contributed by atoms with Crippen molar-refractivity contribution < 1.29 is 23.4 Å². The number of fused-ring (bicyclic) bond motifs is 1. The minimum Gasteiger partial charge on any atom is -0.469 e. The van der Waals surface area contributed by atoms with Gasteiger partial charge < -0.3 is 18.6 Å². The molecule has 1 saturated carbocycles. The van der Waals surface area contributed by atoms with Gasteiger partial charge in [-0.1, -0.05) is 44.6 Å². The Hall–Kier alpha value is -0.953. The van der Waals surface area contributed by atoms with Gasteiger partial charge in [0.25, 0.3) is 0 Å². The topological polar surface area (TPSA) is 54.0 Å². The van der Waals surface area contributed by atoms with Gasteiger partial charge >= 0.3 is 5.97 Å². The maximum absolute atomic E-state index is 11.3. The second-order valence-corrected chi connectivity index (χ2v) is 15.8. The van der Waals surface area contributed by atoms with E-state index in [2.05, 4.69) is 52.1 Å². The maximum atomic E-state index is 11.3. The van der Waals surface area contributed by atoms with Crippen molar-refractivity contribution in [2.45, 2.75) is 90.3 Å². The van der Waals surface area contributed by atoms with Crippen LogP contribution in [0.3, 0.4) is 0 Å². The van der Waals surface area contributed by atoms with Gasteiger partial charge in [-0.2, -0.15) is 0 Å². The third-order valence-corrected chi connectivity index (χ3v) is 11.9. The van der Waals surface area contributed by atoms with Crippen LogP contribution in [0, 0.1) is 17.8 Å². The van der Waals surface area contributed by atoms with Gasteiger partial charge in [0.1, 0.15) is 0 Å². The fraction of sp³-hybridized carbons (Fsp3) is 0.800. The molecule has 0 aromatic carbocycles. The van der Waals surface area contributed by atoms with E-state index < -0.39 is 14.1 Å². The molecule has 4 unspecified atom stereocenters. The predicted molar refractivity (Wildman–Crippen MR) is 127 cm³/mol. The molecule has 0 heterocycles. The molecule has 2 aliphatic rings. The van der Waals surface area contributed by atoms with Gasteiger partial charge in [-0.25, -0.2) is 0 Å². The Labute approximate surface area is 190 Å². The molecule has 0 radical (unpaired) electrons. The first-order valence-electron chi connectivity index (χ1n) is 11.6. The Morgan fingerprint density at radius 2 is 1.87 bits per heavy atom. The highest BCUT2D eigenvalue weighted by atomic mass is 28.4. The normalized spacial score (nSPS) is 26.9. The Kier molecular flexibility index (Phi) is 8.76. The van der Waals surface area contributed by atoms with Crippen molar-refractivity contribution in [2.75, 3.05) is 20.8 Å². The lowest BCUT2D eigenvalue weighted by Gasteiger charge is -2.39. The van der Waals surface area contributed by atoms with Crippen LogP contribution in [-0.2, 0) is 23.4 Å². The van der Waals surface area contributed by atoms with Crippen molar-refractivity contribution in [2.24, 2.45) is 17.8 Å². The van der Waals surface area contributed by atoms with Crippen LogP contribution in [0.5, 0.6) is 0 Å². The first kappa shape index (κ1) is 26.3. The van der Waals surface area contributed by atoms with E-state index in [1.807, 2.05) is 13.8 Å². The molecule has 6 heteroatoms. The summed E-state index contributed by atoms with van der Waals surface area (Å²) in [6.45, 7) is 16.2. The predicted octanol–water partition coefficient (Wildman–Crippen LogP) is 5.87. The van der Waals surface area contributed by atoms with Gasteiger partial charge in [-0.3, -0.25) is 4.79 Å². The highest BCUT2D eigenvalue weighted by Crippen LogP contribution is 2.50. The van der Waals surface area contributed by atoms with Crippen LogP contribution >= 0.6 is 0 Å². The molecule has 178 valence electrons. The van der Waals surface area contributed by atoms with Gasteiger partial charge in [0.15, 0.2) is 14.1 Å². The fourth-order valence-corrected chi connectivity index (χ4v) is 5.32.